The maximum absolute atomic E-state index is 12.3. The molecule has 1 N–H and O–H groups in total. The Labute approximate surface area is 174 Å². The molecular weight excluding hydrogens is 384 g/mol. The highest BCUT2D eigenvalue weighted by atomic mass is 32.2. The zero-order valence-corrected chi connectivity index (χ0v) is 17.2. The van der Waals surface area contributed by atoms with Crippen molar-refractivity contribution in [3.05, 3.63) is 71.5 Å². The molecule has 1 aromatic heterocycles. The first-order valence-electron chi connectivity index (χ1n) is 9.72. The number of hydrogen-bond acceptors (Lipinski definition) is 5. The topological polar surface area (TPSA) is 69.0 Å². The minimum Gasteiger partial charge on any atom is -0.497 e. The van der Waals surface area contributed by atoms with E-state index in [1.54, 1.807) is 7.11 Å². The molecule has 0 spiro atoms. The van der Waals surface area contributed by atoms with E-state index in [0.717, 1.165) is 28.8 Å². The van der Waals surface area contributed by atoms with Gasteiger partial charge in [0.1, 0.15) is 11.6 Å². The molecule has 0 atom stereocenters. The summed E-state index contributed by atoms with van der Waals surface area (Å²) in [5, 5.41) is 12.5. The number of aromatic nitrogens is 3. The minimum atomic E-state index is -0.0203. The second kappa shape index (κ2) is 9.13. The Kier molecular flexibility index (Phi) is 6.14. The van der Waals surface area contributed by atoms with Crippen LogP contribution in [0.3, 0.4) is 0 Å². The maximum atomic E-state index is 12.3. The van der Waals surface area contributed by atoms with Crippen LogP contribution in [0.5, 0.6) is 5.75 Å². The van der Waals surface area contributed by atoms with Crippen molar-refractivity contribution >= 4 is 17.7 Å². The number of amides is 1. The zero-order valence-electron chi connectivity index (χ0n) is 16.4. The van der Waals surface area contributed by atoms with Crippen LogP contribution in [0.15, 0.2) is 59.8 Å². The Balaban J connectivity index is 1.35. The fourth-order valence-corrected chi connectivity index (χ4v) is 3.86. The molecule has 4 rings (SSSR count). The summed E-state index contributed by atoms with van der Waals surface area (Å²) in [7, 11) is 1.64. The summed E-state index contributed by atoms with van der Waals surface area (Å²) in [6, 6.07) is 18.0. The lowest BCUT2D eigenvalue weighted by atomic mass is 10.2. The summed E-state index contributed by atoms with van der Waals surface area (Å²) in [5.41, 5.74) is 2.24. The Bertz CT molecular complexity index is 953. The molecule has 29 heavy (non-hydrogen) atoms. The molecule has 0 saturated heterocycles. The predicted molar refractivity (Wildman–Crippen MR) is 113 cm³/mol. The van der Waals surface area contributed by atoms with Crippen LogP contribution in [0, 0.1) is 0 Å². The summed E-state index contributed by atoms with van der Waals surface area (Å²) >= 11 is 1.44. The first-order chi connectivity index (χ1) is 14.2. The molecule has 1 amide bonds. The van der Waals surface area contributed by atoms with Gasteiger partial charge in [-0.05, 0) is 36.1 Å². The average Bonchev–Trinajstić information content (AvgIpc) is 3.53. The molecular formula is C22H24N4O2S. The smallest absolute Gasteiger partial charge is 0.230 e. The quantitative estimate of drug-likeness (QED) is 0.548. The number of carbonyl (C=O) groups is 1. The highest BCUT2D eigenvalue weighted by Crippen LogP contribution is 2.40. The summed E-state index contributed by atoms with van der Waals surface area (Å²) in [5.74, 6) is 2.64. The number of nitrogens with zero attached hydrogens (tertiary/aromatic N) is 3. The first-order valence-corrected chi connectivity index (χ1v) is 10.7. The first kappa shape index (κ1) is 19.5. The van der Waals surface area contributed by atoms with Gasteiger partial charge in [0.25, 0.3) is 0 Å². The van der Waals surface area contributed by atoms with Crippen molar-refractivity contribution in [3.8, 4) is 5.75 Å². The van der Waals surface area contributed by atoms with Crippen LogP contribution in [-0.2, 0) is 17.9 Å². The van der Waals surface area contributed by atoms with E-state index in [1.807, 2.05) is 42.5 Å². The van der Waals surface area contributed by atoms with Crippen molar-refractivity contribution in [1.82, 2.24) is 20.1 Å². The number of carbonyl (C=O) groups excluding carboxylic acids is 1. The Morgan fingerprint density at radius 1 is 1.10 bits per heavy atom. The molecule has 150 valence electrons. The van der Waals surface area contributed by atoms with E-state index >= 15 is 0 Å². The number of methoxy groups -OCH3 is 1. The SMILES string of the molecule is COc1ccc(CNC(=O)CSc2nnc(C3CC3)n2Cc2ccccc2)cc1. The molecule has 0 bridgehead atoms. The molecule has 1 aliphatic carbocycles. The molecule has 1 heterocycles. The molecule has 0 radical (unpaired) electrons. The lowest BCUT2D eigenvalue weighted by molar-refractivity contribution is -0.118. The second-order valence-corrected chi connectivity index (χ2v) is 8.04. The average molecular weight is 409 g/mol. The van der Waals surface area contributed by atoms with Crippen molar-refractivity contribution in [1.29, 1.82) is 0 Å². The molecule has 0 aliphatic heterocycles. The van der Waals surface area contributed by atoms with Crippen LogP contribution >= 0.6 is 11.8 Å². The zero-order chi connectivity index (χ0) is 20.1. The van der Waals surface area contributed by atoms with Crippen LogP contribution in [0.4, 0.5) is 0 Å². The molecule has 3 aromatic rings. The summed E-state index contributed by atoms with van der Waals surface area (Å²) in [6.07, 6.45) is 2.33. The van der Waals surface area contributed by atoms with Gasteiger partial charge in [-0.15, -0.1) is 10.2 Å². The van der Waals surface area contributed by atoms with E-state index in [1.165, 1.54) is 30.2 Å². The Morgan fingerprint density at radius 3 is 2.55 bits per heavy atom. The van der Waals surface area contributed by atoms with Crippen molar-refractivity contribution < 1.29 is 9.53 Å². The van der Waals surface area contributed by atoms with E-state index in [2.05, 4.69) is 32.2 Å². The third-order valence-electron chi connectivity index (χ3n) is 4.85. The highest BCUT2D eigenvalue weighted by molar-refractivity contribution is 7.99. The van der Waals surface area contributed by atoms with E-state index in [4.69, 9.17) is 4.74 Å². The fourth-order valence-electron chi connectivity index (χ4n) is 3.09. The summed E-state index contributed by atoms with van der Waals surface area (Å²) in [6.45, 7) is 1.23. The number of hydrogen-bond donors (Lipinski definition) is 1. The number of ether oxygens (including phenoxy) is 1. The van der Waals surface area contributed by atoms with Crippen LogP contribution in [-0.4, -0.2) is 33.5 Å². The third-order valence-corrected chi connectivity index (χ3v) is 5.82. The fraction of sp³-hybridized carbons (Fsp3) is 0.318. The van der Waals surface area contributed by atoms with Gasteiger partial charge in [0, 0.05) is 12.5 Å². The van der Waals surface area contributed by atoms with Crippen molar-refractivity contribution in [3.63, 3.8) is 0 Å². The van der Waals surface area contributed by atoms with E-state index in [-0.39, 0.29) is 5.91 Å². The largest absolute Gasteiger partial charge is 0.497 e. The van der Waals surface area contributed by atoms with E-state index in [0.29, 0.717) is 18.2 Å². The maximum Gasteiger partial charge on any atom is 0.230 e. The normalized spacial score (nSPS) is 13.3. The molecule has 1 saturated carbocycles. The van der Waals surface area contributed by atoms with Gasteiger partial charge in [-0.1, -0.05) is 54.2 Å². The molecule has 0 unspecified atom stereocenters. The number of thioether (sulfide) groups is 1. The van der Waals surface area contributed by atoms with Gasteiger partial charge in [-0.2, -0.15) is 0 Å². The van der Waals surface area contributed by atoms with Gasteiger partial charge in [-0.25, -0.2) is 0 Å². The molecule has 6 nitrogen and oxygen atoms in total. The van der Waals surface area contributed by atoms with E-state index < -0.39 is 0 Å². The monoisotopic (exact) mass is 408 g/mol. The van der Waals surface area contributed by atoms with Crippen LogP contribution in [0.2, 0.25) is 0 Å². The number of nitrogens with one attached hydrogen (secondary N) is 1. The van der Waals surface area contributed by atoms with Crippen LogP contribution < -0.4 is 10.1 Å². The highest BCUT2D eigenvalue weighted by Gasteiger charge is 2.30. The third kappa shape index (κ3) is 5.17. The number of rotatable bonds is 9. The van der Waals surface area contributed by atoms with Gasteiger partial charge in [-0.3, -0.25) is 4.79 Å². The van der Waals surface area contributed by atoms with Gasteiger partial charge in [0.05, 0.1) is 19.4 Å². The van der Waals surface area contributed by atoms with Crippen molar-refractivity contribution in [2.75, 3.05) is 12.9 Å². The number of benzene rings is 2. The van der Waals surface area contributed by atoms with Crippen LogP contribution in [0.25, 0.3) is 0 Å². The lowest BCUT2D eigenvalue weighted by Gasteiger charge is -2.10. The standard InChI is InChI=1S/C22H24N4O2S/c1-28-19-11-7-16(8-12-19)13-23-20(27)15-29-22-25-24-21(18-9-10-18)26(22)14-17-5-3-2-4-6-17/h2-8,11-12,18H,9-10,13-15H2,1H3,(H,23,27). The van der Waals surface area contributed by atoms with Gasteiger partial charge in [0.15, 0.2) is 5.16 Å². The van der Waals surface area contributed by atoms with Gasteiger partial charge < -0.3 is 14.6 Å². The van der Waals surface area contributed by atoms with Gasteiger partial charge in [0.2, 0.25) is 5.91 Å². The van der Waals surface area contributed by atoms with Crippen LogP contribution in [0.1, 0.15) is 35.7 Å². The van der Waals surface area contributed by atoms with Crippen molar-refractivity contribution in [2.24, 2.45) is 0 Å². The van der Waals surface area contributed by atoms with Gasteiger partial charge >= 0.3 is 0 Å². The lowest BCUT2D eigenvalue weighted by Crippen LogP contribution is -2.24. The van der Waals surface area contributed by atoms with E-state index in [9.17, 15) is 4.79 Å². The second-order valence-electron chi connectivity index (χ2n) is 7.10. The predicted octanol–water partition coefficient (Wildman–Crippen LogP) is 3.62. The molecule has 1 fully saturated rings. The van der Waals surface area contributed by atoms with Crippen molar-refractivity contribution in [2.45, 2.75) is 37.0 Å². The minimum absolute atomic E-state index is 0.0203. The summed E-state index contributed by atoms with van der Waals surface area (Å²) in [4.78, 5) is 12.3. The molecule has 2 aromatic carbocycles. The molecule has 1 aliphatic rings. The molecule has 7 heteroatoms. The Hall–Kier alpha value is -2.80. The summed E-state index contributed by atoms with van der Waals surface area (Å²) < 4.78 is 7.31. The Morgan fingerprint density at radius 2 is 1.86 bits per heavy atom.